The van der Waals surface area contributed by atoms with E-state index >= 15 is 0 Å². The molecule has 2 amide bonds. The number of hydrogen-bond donors (Lipinski definition) is 3. The van der Waals surface area contributed by atoms with Crippen LogP contribution in [0.1, 0.15) is 37.7 Å². The van der Waals surface area contributed by atoms with Crippen LogP contribution in [0.3, 0.4) is 0 Å². The minimum atomic E-state index is -0.625. The van der Waals surface area contributed by atoms with Crippen LogP contribution in [-0.4, -0.2) is 71.6 Å². The Kier molecular flexibility index (Phi) is 8.28. The number of amides is 2. The second-order valence-corrected chi connectivity index (χ2v) is 9.21. The van der Waals surface area contributed by atoms with Gasteiger partial charge in [-0.05, 0) is 69.8 Å². The zero-order valence-corrected chi connectivity index (χ0v) is 18.9. The summed E-state index contributed by atoms with van der Waals surface area (Å²) in [6.45, 7) is 2.52. The lowest BCUT2D eigenvalue weighted by atomic mass is 9.81. The van der Waals surface area contributed by atoms with Gasteiger partial charge in [-0.3, -0.25) is 14.8 Å². The molecule has 9 heteroatoms. The lowest BCUT2D eigenvalue weighted by Gasteiger charge is -2.31. The van der Waals surface area contributed by atoms with Gasteiger partial charge in [0.15, 0.2) is 0 Å². The van der Waals surface area contributed by atoms with Crippen molar-refractivity contribution in [2.45, 2.75) is 38.1 Å². The summed E-state index contributed by atoms with van der Waals surface area (Å²) < 4.78 is 0. The number of nitrogens with zero attached hydrogens (tertiary/aromatic N) is 3. The van der Waals surface area contributed by atoms with Crippen molar-refractivity contribution in [1.29, 1.82) is 0 Å². The lowest BCUT2D eigenvalue weighted by Crippen LogP contribution is -2.38. The number of hydroxylamine groups is 1. The first-order valence-corrected chi connectivity index (χ1v) is 11.2. The summed E-state index contributed by atoms with van der Waals surface area (Å²) in [5, 5.41) is 12.3. The summed E-state index contributed by atoms with van der Waals surface area (Å²) in [5.41, 5.74) is 2.18. The van der Waals surface area contributed by atoms with Crippen LogP contribution < -0.4 is 10.8 Å². The normalized spacial score (nSPS) is 24.0. The van der Waals surface area contributed by atoms with E-state index in [1.807, 2.05) is 4.90 Å². The molecule has 170 valence electrons. The van der Waals surface area contributed by atoms with Crippen molar-refractivity contribution in [3.8, 4) is 0 Å². The number of likely N-dealkylation sites (tertiary alicyclic amines) is 1. The molecule has 2 fully saturated rings. The third kappa shape index (κ3) is 6.66. The second-order valence-electron chi connectivity index (χ2n) is 8.80. The van der Waals surface area contributed by atoms with E-state index in [0.29, 0.717) is 28.9 Å². The van der Waals surface area contributed by atoms with E-state index in [1.54, 1.807) is 12.3 Å². The third-order valence-electron chi connectivity index (χ3n) is 6.06. The number of carbonyl (C=O) groups is 2. The van der Waals surface area contributed by atoms with Crippen LogP contribution in [-0.2, 0) is 9.59 Å². The summed E-state index contributed by atoms with van der Waals surface area (Å²) in [6, 6.07) is 1.81. The topological polar surface area (TPSA) is 97.8 Å². The van der Waals surface area contributed by atoms with E-state index in [1.165, 1.54) is 17.6 Å². The van der Waals surface area contributed by atoms with Crippen LogP contribution in [0, 0.1) is 11.8 Å². The molecule has 31 heavy (non-hydrogen) atoms. The van der Waals surface area contributed by atoms with Crippen LogP contribution in [0.5, 0.6) is 0 Å². The summed E-state index contributed by atoms with van der Waals surface area (Å²) in [5.74, 6) is 1.08. The molecule has 0 spiro atoms. The number of hydrogen-bond acceptors (Lipinski definition) is 6. The molecule has 3 rings (SSSR count). The number of pyridine rings is 1. The zero-order chi connectivity index (χ0) is 22.4. The SMILES string of the molecule is CN(C)CC1CCC(C(=O)N2CC[C@@H](Nc3ncc(C=CC(=O)NO)cc3Cl)C2)CC1. The predicted octanol–water partition coefficient (Wildman–Crippen LogP) is 2.63. The minimum absolute atomic E-state index is 0.112. The molecule has 1 atom stereocenters. The van der Waals surface area contributed by atoms with Gasteiger partial charge in [0, 0.05) is 43.9 Å². The van der Waals surface area contributed by atoms with E-state index < -0.39 is 5.91 Å². The summed E-state index contributed by atoms with van der Waals surface area (Å²) in [6.07, 6.45) is 9.39. The molecular formula is C22H32ClN5O3. The fourth-order valence-electron chi connectivity index (χ4n) is 4.50. The Balaban J connectivity index is 1.49. The van der Waals surface area contributed by atoms with Crippen LogP contribution in [0.2, 0.25) is 5.02 Å². The number of anilines is 1. The standard InChI is InChI=1S/C22H32ClN5O3/c1-27(2)13-15-3-6-17(7-4-15)22(30)28-10-9-18(14-28)25-21-19(23)11-16(12-24-21)5-8-20(29)26-31/h5,8,11-12,15,17-18,31H,3-4,6-7,9-10,13-14H2,1-2H3,(H,24,25)(H,26,29)/t15?,17?,18-/m1/s1. The monoisotopic (exact) mass is 449 g/mol. The van der Waals surface area contributed by atoms with Crippen LogP contribution in [0.4, 0.5) is 5.82 Å². The lowest BCUT2D eigenvalue weighted by molar-refractivity contribution is -0.135. The first-order chi connectivity index (χ1) is 14.9. The maximum Gasteiger partial charge on any atom is 0.267 e. The quantitative estimate of drug-likeness (QED) is 0.336. The molecule has 1 aliphatic carbocycles. The smallest absolute Gasteiger partial charge is 0.267 e. The molecule has 1 aliphatic heterocycles. The maximum atomic E-state index is 13.0. The molecule has 2 heterocycles. The highest BCUT2D eigenvalue weighted by molar-refractivity contribution is 6.33. The fraction of sp³-hybridized carbons (Fsp3) is 0.591. The van der Waals surface area contributed by atoms with E-state index in [4.69, 9.17) is 16.8 Å². The molecule has 0 bridgehead atoms. The van der Waals surface area contributed by atoms with Gasteiger partial charge in [-0.1, -0.05) is 11.6 Å². The van der Waals surface area contributed by atoms with Crippen molar-refractivity contribution in [2.75, 3.05) is 39.0 Å². The molecular weight excluding hydrogens is 418 g/mol. The van der Waals surface area contributed by atoms with E-state index in [0.717, 1.165) is 45.2 Å². The van der Waals surface area contributed by atoms with Gasteiger partial charge >= 0.3 is 0 Å². The first-order valence-electron chi connectivity index (χ1n) is 10.8. The Morgan fingerprint density at radius 3 is 2.68 bits per heavy atom. The zero-order valence-electron chi connectivity index (χ0n) is 18.2. The maximum absolute atomic E-state index is 13.0. The minimum Gasteiger partial charge on any atom is -0.364 e. The van der Waals surface area contributed by atoms with Crippen molar-refractivity contribution in [2.24, 2.45) is 11.8 Å². The molecule has 8 nitrogen and oxygen atoms in total. The Morgan fingerprint density at radius 2 is 2.03 bits per heavy atom. The molecule has 1 saturated heterocycles. The largest absolute Gasteiger partial charge is 0.364 e. The summed E-state index contributed by atoms with van der Waals surface area (Å²) >= 11 is 6.33. The van der Waals surface area contributed by atoms with Crippen LogP contribution in [0.25, 0.3) is 6.08 Å². The van der Waals surface area contributed by atoms with Crippen LogP contribution in [0.15, 0.2) is 18.3 Å². The van der Waals surface area contributed by atoms with E-state index in [-0.39, 0.29) is 17.9 Å². The molecule has 0 unspecified atom stereocenters. The molecule has 1 saturated carbocycles. The number of aromatic nitrogens is 1. The van der Waals surface area contributed by atoms with Crippen molar-refractivity contribution in [3.63, 3.8) is 0 Å². The van der Waals surface area contributed by atoms with Crippen molar-refractivity contribution in [1.82, 2.24) is 20.3 Å². The van der Waals surface area contributed by atoms with Crippen molar-refractivity contribution in [3.05, 3.63) is 28.9 Å². The average molecular weight is 450 g/mol. The van der Waals surface area contributed by atoms with Gasteiger partial charge in [-0.25, -0.2) is 10.5 Å². The van der Waals surface area contributed by atoms with Crippen molar-refractivity contribution < 1.29 is 14.8 Å². The Labute approximate surface area is 188 Å². The number of rotatable bonds is 7. The third-order valence-corrected chi connectivity index (χ3v) is 6.35. The highest BCUT2D eigenvalue weighted by Crippen LogP contribution is 2.31. The van der Waals surface area contributed by atoms with Gasteiger partial charge in [0.25, 0.3) is 5.91 Å². The molecule has 2 aliphatic rings. The van der Waals surface area contributed by atoms with E-state index in [9.17, 15) is 9.59 Å². The Bertz CT molecular complexity index is 808. The first kappa shape index (κ1) is 23.5. The molecule has 0 aromatic carbocycles. The highest BCUT2D eigenvalue weighted by atomic mass is 35.5. The predicted molar refractivity (Wildman–Crippen MR) is 121 cm³/mol. The van der Waals surface area contributed by atoms with Gasteiger partial charge in [-0.2, -0.15) is 0 Å². The summed E-state index contributed by atoms with van der Waals surface area (Å²) in [4.78, 5) is 32.6. The summed E-state index contributed by atoms with van der Waals surface area (Å²) in [7, 11) is 4.21. The molecule has 3 N–H and O–H groups in total. The van der Waals surface area contributed by atoms with Gasteiger partial charge in [0.2, 0.25) is 5.91 Å². The van der Waals surface area contributed by atoms with Crippen molar-refractivity contribution >= 4 is 35.3 Å². The number of carbonyl (C=O) groups excluding carboxylic acids is 2. The Hall–Kier alpha value is -2.16. The fourth-order valence-corrected chi connectivity index (χ4v) is 4.73. The molecule has 1 aromatic rings. The van der Waals surface area contributed by atoms with Gasteiger partial charge in [-0.15, -0.1) is 0 Å². The Morgan fingerprint density at radius 1 is 1.29 bits per heavy atom. The van der Waals surface area contributed by atoms with E-state index in [2.05, 4.69) is 29.3 Å². The second kappa shape index (κ2) is 10.9. The van der Waals surface area contributed by atoms with Gasteiger partial charge in [0.05, 0.1) is 5.02 Å². The highest BCUT2D eigenvalue weighted by Gasteiger charge is 2.33. The number of halogens is 1. The van der Waals surface area contributed by atoms with Crippen LogP contribution >= 0.6 is 11.6 Å². The average Bonchev–Trinajstić information content (AvgIpc) is 3.22. The van der Waals surface area contributed by atoms with Gasteiger partial charge < -0.3 is 15.1 Å². The van der Waals surface area contributed by atoms with Gasteiger partial charge in [0.1, 0.15) is 5.82 Å². The molecule has 0 radical (unpaired) electrons. The molecule has 1 aromatic heterocycles. The number of nitrogens with one attached hydrogen (secondary N) is 2.